The number of nitrogens with two attached hydrogens (primary N) is 1. The summed E-state index contributed by atoms with van der Waals surface area (Å²) in [5.41, 5.74) is 9.11. The van der Waals surface area contributed by atoms with Gasteiger partial charge in [-0.15, -0.1) is 30.6 Å². The molecule has 0 aliphatic heterocycles. The van der Waals surface area contributed by atoms with Crippen LogP contribution < -0.4 is 32.3 Å². The molecule has 64 heavy (non-hydrogen) atoms. The third-order valence-electron chi connectivity index (χ3n) is 9.47. The van der Waals surface area contributed by atoms with Gasteiger partial charge in [-0.05, 0) is 94.5 Å². The number of amidine groups is 2. The van der Waals surface area contributed by atoms with Gasteiger partial charge in [0.2, 0.25) is 11.6 Å². The third-order valence-corrected chi connectivity index (χ3v) is 9.47. The second-order valence-corrected chi connectivity index (χ2v) is 14.1. The highest BCUT2D eigenvalue weighted by molar-refractivity contribution is 6.02. The first kappa shape index (κ1) is 47.2. The van der Waals surface area contributed by atoms with Crippen LogP contribution in [0.15, 0.2) is 88.5 Å². The largest absolute Gasteiger partial charge is 0.380 e. The normalized spacial score (nSPS) is 11.4. The van der Waals surface area contributed by atoms with E-state index >= 15 is 0 Å². The lowest BCUT2D eigenvalue weighted by molar-refractivity contribution is 0.0943. The number of nitrogens with one attached hydrogen (secondary N) is 5. The first-order chi connectivity index (χ1) is 31.2. The molecule has 0 saturated carbocycles. The van der Waals surface area contributed by atoms with E-state index in [4.69, 9.17) is 5.73 Å². The number of rotatable bonds is 23. The summed E-state index contributed by atoms with van der Waals surface area (Å²) in [5.74, 6) is -0.546. The molecule has 0 fully saturated rings. The topological polar surface area (TPSA) is 295 Å². The highest BCUT2D eigenvalue weighted by atomic mass is 16.2. The molecule has 5 heterocycles. The van der Waals surface area contributed by atoms with E-state index in [-0.39, 0.29) is 46.9 Å². The molecular weight excluding hydrogens is 819 g/mol. The Labute approximate surface area is 369 Å². The van der Waals surface area contributed by atoms with Gasteiger partial charge in [0.05, 0.1) is 22.3 Å². The molecule has 0 atom stereocenters. The fraction of sp³-hybridized carbons (Fsp3) is 0.326. The number of carbonyl (C=O) groups excluding carboxylic acids is 4. The van der Waals surface area contributed by atoms with Crippen LogP contribution in [0.1, 0.15) is 104 Å². The smallest absolute Gasteiger partial charge is 0.252 e. The van der Waals surface area contributed by atoms with E-state index in [1.165, 1.54) is 31.8 Å². The molecule has 7 N–H and O–H groups in total. The van der Waals surface area contributed by atoms with Crippen LogP contribution in [0, 0.1) is 0 Å². The molecule has 0 radical (unpaired) electrons. The van der Waals surface area contributed by atoms with Gasteiger partial charge in [-0.25, -0.2) is 4.99 Å². The highest BCUT2D eigenvalue weighted by Gasteiger charge is 2.14. The van der Waals surface area contributed by atoms with Gasteiger partial charge in [0.1, 0.15) is 22.8 Å². The van der Waals surface area contributed by atoms with E-state index in [0.717, 1.165) is 57.9 Å². The molecule has 332 valence electrons. The number of amides is 4. The second-order valence-electron chi connectivity index (χ2n) is 14.1. The van der Waals surface area contributed by atoms with Gasteiger partial charge in [-0.3, -0.25) is 39.1 Å². The number of hydrogen-bond donors (Lipinski definition) is 6. The summed E-state index contributed by atoms with van der Waals surface area (Å²) in [6.45, 7) is 6.07. The van der Waals surface area contributed by atoms with Crippen molar-refractivity contribution in [2.24, 2.45) is 20.9 Å². The first-order valence-corrected chi connectivity index (χ1v) is 20.7. The van der Waals surface area contributed by atoms with E-state index in [9.17, 15) is 19.2 Å². The molecule has 0 saturated heterocycles. The zero-order valence-corrected chi connectivity index (χ0v) is 35.8. The fourth-order valence-corrected chi connectivity index (χ4v) is 5.85. The van der Waals surface area contributed by atoms with Gasteiger partial charge in [0, 0.05) is 51.5 Å². The summed E-state index contributed by atoms with van der Waals surface area (Å²) in [4.78, 5) is 70.5. The fourth-order valence-electron chi connectivity index (χ4n) is 5.85. The van der Waals surface area contributed by atoms with Crippen LogP contribution in [0.25, 0.3) is 23.0 Å². The van der Waals surface area contributed by atoms with Crippen molar-refractivity contribution in [1.82, 2.24) is 66.9 Å². The van der Waals surface area contributed by atoms with Crippen LogP contribution in [0.5, 0.6) is 0 Å². The predicted molar refractivity (Wildman–Crippen MR) is 241 cm³/mol. The number of unbranched alkanes of at least 4 members (excludes halogenated alkanes) is 6. The van der Waals surface area contributed by atoms with E-state index in [1.807, 2.05) is 7.05 Å². The maximum absolute atomic E-state index is 12.7. The molecule has 5 aromatic heterocycles. The van der Waals surface area contributed by atoms with Crippen molar-refractivity contribution in [3.05, 3.63) is 107 Å². The molecule has 0 spiro atoms. The van der Waals surface area contributed by atoms with Crippen LogP contribution in [0.2, 0.25) is 0 Å². The zero-order chi connectivity index (χ0) is 45.5. The molecule has 0 bridgehead atoms. The second kappa shape index (κ2) is 25.2. The van der Waals surface area contributed by atoms with Crippen molar-refractivity contribution in [2.45, 2.75) is 51.4 Å². The maximum atomic E-state index is 12.7. The number of pyridine rings is 4. The summed E-state index contributed by atoms with van der Waals surface area (Å²) in [7, 11) is 3.47. The Morgan fingerprint density at radius 1 is 0.516 bits per heavy atom. The molecule has 0 aliphatic carbocycles. The average molecular weight is 870 g/mol. The number of nitrogens with zero attached hydrogens (tertiary/aromatic N) is 11. The van der Waals surface area contributed by atoms with Gasteiger partial charge < -0.3 is 32.3 Å². The number of aliphatic imine (C=N–C) groups is 1. The lowest BCUT2D eigenvalue weighted by Gasteiger charge is -2.07. The Morgan fingerprint density at radius 3 is 1.30 bits per heavy atom. The van der Waals surface area contributed by atoms with Gasteiger partial charge in [0.25, 0.3) is 23.6 Å². The van der Waals surface area contributed by atoms with Crippen LogP contribution >= 0.6 is 0 Å². The molecule has 5 rings (SSSR count). The van der Waals surface area contributed by atoms with Crippen molar-refractivity contribution in [3.8, 4) is 23.0 Å². The number of hydrogen-bond acceptors (Lipinski definition) is 15. The SMILES string of the molecule is C=N/C(=N\N=C(/N)c1ccc(C(=O)NCCCCCCNC(=O)c2ccc(-c3nnc(-c4ccc(C(=O)NC)cn4)nn3)nc2)cn1)c1ccc(C(=O)NCCCCCCNC)cn1. The van der Waals surface area contributed by atoms with Gasteiger partial charge in [-0.1, -0.05) is 25.7 Å². The minimum atomic E-state index is -0.278. The Balaban J connectivity index is 0.961. The summed E-state index contributed by atoms with van der Waals surface area (Å²) >= 11 is 0. The first-order valence-electron chi connectivity index (χ1n) is 20.7. The summed E-state index contributed by atoms with van der Waals surface area (Å²) in [6, 6.07) is 12.8. The summed E-state index contributed by atoms with van der Waals surface area (Å²) < 4.78 is 0. The zero-order valence-electron chi connectivity index (χ0n) is 35.8. The Hall–Kier alpha value is -7.81. The molecule has 21 heteroatoms. The molecule has 0 aromatic carbocycles. The van der Waals surface area contributed by atoms with Gasteiger partial charge in [-0.2, -0.15) is 0 Å². The van der Waals surface area contributed by atoms with Crippen LogP contribution in [0.3, 0.4) is 0 Å². The third kappa shape index (κ3) is 14.4. The lowest BCUT2D eigenvalue weighted by atomic mass is 10.2. The minimum absolute atomic E-state index is 0.00654. The van der Waals surface area contributed by atoms with E-state index in [1.54, 1.807) is 48.5 Å². The molecule has 4 amide bonds. The van der Waals surface area contributed by atoms with Crippen molar-refractivity contribution >= 4 is 42.0 Å². The quantitative estimate of drug-likeness (QED) is 0.0238. The number of carbonyl (C=O) groups is 4. The van der Waals surface area contributed by atoms with Crippen LogP contribution in [-0.4, -0.2) is 123 Å². The standard InChI is InChI=1S/C43H51N17O4/c1-45-20-8-4-5-9-21-49-42(63)30-14-17-33(52-26-30)37(46-2)56-55-36(44)32-16-12-29(25-51-32)41(62)48-22-10-6-7-11-23-50-43(64)31-15-19-35(54-27-31)39-59-57-38(58-60-39)34-18-13-28(24-53-34)40(61)47-3/h12-19,24-27,45H,2,4-11,20-23H2,1,3H3,(H2,44,55)(H,47,61)(H,48,62)(H,49,63)(H,50,64)/b56-37-. The molecule has 0 aliphatic rings. The average Bonchev–Trinajstić information content (AvgIpc) is 3.34. The van der Waals surface area contributed by atoms with Crippen molar-refractivity contribution < 1.29 is 19.2 Å². The number of aromatic nitrogens is 8. The maximum Gasteiger partial charge on any atom is 0.252 e. The van der Waals surface area contributed by atoms with Crippen LogP contribution in [-0.2, 0) is 0 Å². The van der Waals surface area contributed by atoms with Crippen molar-refractivity contribution in [3.63, 3.8) is 0 Å². The van der Waals surface area contributed by atoms with E-state index < -0.39 is 0 Å². The van der Waals surface area contributed by atoms with E-state index in [0.29, 0.717) is 64.7 Å². The molecular formula is C43H51N17O4. The molecule has 5 aromatic rings. The summed E-state index contributed by atoms with van der Waals surface area (Å²) in [6.07, 6.45) is 13.1. The van der Waals surface area contributed by atoms with E-state index in [2.05, 4.69) is 88.8 Å². The Bertz CT molecular complexity index is 2370. The molecule has 0 unspecified atom stereocenters. The predicted octanol–water partition coefficient (Wildman–Crippen LogP) is 2.54. The van der Waals surface area contributed by atoms with Crippen LogP contribution in [0.4, 0.5) is 0 Å². The minimum Gasteiger partial charge on any atom is -0.380 e. The monoisotopic (exact) mass is 869 g/mol. The summed E-state index contributed by atoms with van der Waals surface area (Å²) in [5, 5.41) is 38.7. The molecule has 21 nitrogen and oxygen atoms in total. The van der Waals surface area contributed by atoms with Crippen molar-refractivity contribution in [2.75, 3.05) is 40.3 Å². The lowest BCUT2D eigenvalue weighted by Crippen LogP contribution is -2.25. The van der Waals surface area contributed by atoms with Gasteiger partial charge >= 0.3 is 0 Å². The Morgan fingerprint density at radius 2 is 0.922 bits per heavy atom. The van der Waals surface area contributed by atoms with Gasteiger partial charge in [0.15, 0.2) is 11.7 Å². The highest BCUT2D eigenvalue weighted by Crippen LogP contribution is 2.15. The Kier molecular flexibility index (Phi) is 18.6. The van der Waals surface area contributed by atoms with Crippen molar-refractivity contribution in [1.29, 1.82) is 0 Å².